The van der Waals surface area contributed by atoms with Crippen LogP contribution in [0.1, 0.15) is 39.5 Å². The van der Waals surface area contributed by atoms with Crippen LogP contribution in [0.4, 0.5) is 0 Å². The highest BCUT2D eigenvalue weighted by molar-refractivity contribution is 5.85. The standard InChI is InChI=1S/C12H23N3O2/c1-9(2)15(10-5-3-4-6-10)12(17)8-14-11(16)7-13/h9-10H,3-8,13H2,1-2H3,(H,14,16). The molecule has 3 N–H and O–H groups in total. The van der Waals surface area contributed by atoms with E-state index in [1.807, 2.05) is 18.7 Å². The third kappa shape index (κ3) is 4.00. The molecule has 0 aliphatic heterocycles. The van der Waals surface area contributed by atoms with Crippen LogP contribution >= 0.6 is 0 Å². The summed E-state index contributed by atoms with van der Waals surface area (Å²) in [6, 6.07) is 0.526. The summed E-state index contributed by atoms with van der Waals surface area (Å²) in [7, 11) is 0. The zero-order valence-electron chi connectivity index (χ0n) is 10.7. The Kier molecular flexibility index (Phi) is 5.41. The molecule has 1 aliphatic carbocycles. The monoisotopic (exact) mass is 241 g/mol. The zero-order valence-corrected chi connectivity index (χ0v) is 10.7. The molecule has 0 radical (unpaired) electrons. The molecule has 0 bridgehead atoms. The van der Waals surface area contributed by atoms with Crippen LogP contribution in [0.5, 0.6) is 0 Å². The molecule has 0 unspecified atom stereocenters. The van der Waals surface area contributed by atoms with Crippen molar-refractivity contribution in [2.75, 3.05) is 13.1 Å². The first-order valence-electron chi connectivity index (χ1n) is 6.34. The van der Waals surface area contributed by atoms with Crippen molar-refractivity contribution in [3.63, 3.8) is 0 Å². The molecule has 0 spiro atoms. The second-order valence-electron chi connectivity index (χ2n) is 4.81. The largest absolute Gasteiger partial charge is 0.346 e. The molecule has 5 heteroatoms. The van der Waals surface area contributed by atoms with Crippen molar-refractivity contribution in [1.29, 1.82) is 0 Å². The SMILES string of the molecule is CC(C)N(C(=O)CNC(=O)CN)C1CCCC1. The van der Waals surface area contributed by atoms with E-state index in [9.17, 15) is 9.59 Å². The first kappa shape index (κ1) is 14.0. The number of hydrogen-bond donors (Lipinski definition) is 2. The molecule has 1 aliphatic rings. The molecule has 98 valence electrons. The quantitative estimate of drug-likeness (QED) is 0.724. The molecule has 0 heterocycles. The van der Waals surface area contributed by atoms with E-state index < -0.39 is 0 Å². The predicted octanol–water partition coefficient (Wildman–Crippen LogP) is 0.241. The lowest BCUT2D eigenvalue weighted by molar-refractivity contribution is -0.136. The molecule has 0 aromatic heterocycles. The number of nitrogens with two attached hydrogens (primary N) is 1. The van der Waals surface area contributed by atoms with Gasteiger partial charge in [-0.2, -0.15) is 0 Å². The van der Waals surface area contributed by atoms with Crippen LogP contribution in [-0.4, -0.2) is 41.9 Å². The molecule has 5 nitrogen and oxygen atoms in total. The summed E-state index contributed by atoms with van der Waals surface area (Å²) in [5.41, 5.74) is 5.18. The van der Waals surface area contributed by atoms with E-state index in [1.165, 1.54) is 12.8 Å². The minimum absolute atomic E-state index is 0.00583. The second kappa shape index (κ2) is 6.59. The van der Waals surface area contributed by atoms with Crippen molar-refractivity contribution >= 4 is 11.8 Å². The maximum atomic E-state index is 12.1. The first-order chi connectivity index (χ1) is 8.06. The molecule has 2 amide bonds. The zero-order chi connectivity index (χ0) is 12.8. The van der Waals surface area contributed by atoms with Crippen molar-refractivity contribution in [3.8, 4) is 0 Å². The lowest BCUT2D eigenvalue weighted by atomic mass is 10.1. The Balaban J connectivity index is 2.51. The molecule has 0 saturated heterocycles. The van der Waals surface area contributed by atoms with Crippen molar-refractivity contribution in [2.24, 2.45) is 5.73 Å². The van der Waals surface area contributed by atoms with Gasteiger partial charge < -0.3 is 16.0 Å². The Morgan fingerprint density at radius 2 is 1.94 bits per heavy atom. The number of carbonyl (C=O) groups excluding carboxylic acids is 2. The van der Waals surface area contributed by atoms with Gasteiger partial charge in [0.05, 0.1) is 13.1 Å². The lowest BCUT2D eigenvalue weighted by Gasteiger charge is -2.32. The van der Waals surface area contributed by atoms with E-state index in [1.54, 1.807) is 0 Å². The van der Waals surface area contributed by atoms with E-state index in [4.69, 9.17) is 5.73 Å². The Bertz CT molecular complexity index is 273. The third-order valence-electron chi connectivity index (χ3n) is 3.18. The van der Waals surface area contributed by atoms with E-state index in [-0.39, 0.29) is 30.9 Å². The number of amides is 2. The van der Waals surface area contributed by atoms with E-state index in [0.717, 1.165) is 12.8 Å². The van der Waals surface area contributed by atoms with Crippen LogP contribution in [0.15, 0.2) is 0 Å². The van der Waals surface area contributed by atoms with Gasteiger partial charge in [-0.15, -0.1) is 0 Å². The highest BCUT2D eigenvalue weighted by Gasteiger charge is 2.28. The minimum Gasteiger partial charge on any atom is -0.346 e. The number of carbonyl (C=O) groups is 2. The van der Waals surface area contributed by atoms with Gasteiger partial charge in [0.25, 0.3) is 0 Å². The fourth-order valence-electron chi connectivity index (χ4n) is 2.43. The molecule has 0 aromatic rings. The van der Waals surface area contributed by atoms with Gasteiger partial charge in [-0.05, 0) is 26.7 Å². The van der Waals surface area contributed by atoms with Gasteiger partial charge in [-0.3, -0.25) is 9.59 Å². The maximum Gasteiger partial charge on any atom is 0.242 e. The average Bonchev–Trinajstić information content (AvgIpc) is 2.79. The second-order valence-corrected chi connectivity index (χ2v) is 4.81. The Morgan fingerprint density at radius 3 is 2.41 bits per heavy atom. The van der Waals surface area contributed by atoms with Crippen molar-refractivity contribution in [1.82, 2.24) is 10.2 Å². The van der Waals surface area contributed by atoms with Crippen LogP contribution in [0.3, 0.4) is 0 Å². The third-order valence-corrected chi connectivity index (χ3v) is 3.18. The number of nitrogens with zero attached hydrogens (tertiary/aromatic N) is 1. The van der Waals surface area contributed by atoms with Crippen LogP contribution in [-0.2, 0) is 9.59 Å². The molecule has 0 atom stereocenters. The van der Waals surface area contributed by atoms with Crippen LogP contribution in [0.25, 0.3) is 0 Å². The summed E-state index contributed by atoms with van der Waals surface area (Å²) in [6.07, 6.45) is 4.54. The van der Waals surface area contributed by atoms with Gasteiger partial charge in [0.2, 0.25) is 11.8 Å². The molecule has 1 fully saturated rings. The summed E-state index contributed by atoms with van der Waals surface area (Å²) in [5, 5.41) is 2.54. The predicted molar refractivity (Wildman–Crippen MR) is 66.3 cm³/mol. The van der Waals surface area contributed by atoms with Crippen LogP contribution < -0.4 is 11.1 Å². The average molecular weight is 241 g/mol. The molecule has 0 aromatic carbocycles. The Hall–Kier alpha value is -1.10. The Morgan fingerprint density at radius 1 is 1.35 bits per heavy atom. The van der Waals surface area contributed by atoms with E-state index in [0.29, 0.717) is 6.04 Å². The van der Waals surface area contributed by atoms with Crippen molar-refractivity contribution in [3.05, 3.63) is 0 Å². The van der Waals surface area contributed by atoms with Gasteiger partial charge in [-0.25, -0.2) is 0 Å². The van der Waals surface area contributed by atoms with Crippen LogP contribution in [0, 0.1) is 0 Å². The molecular formula is C12H23N3O2. The molecule has 1 rings (SSSR count). The van der Waals surface area contributed by atoms with Crippen molar-refractivity contribution in [2.45, 2.75) is 51.6 Å². The lowest BCUT2D eigenvalue weighted by Crippen LogP contribution is -2.48. The van der Waals surface area contributed by atoms with Gasteiger partial charge in [-0.1, -0.05) is 12.8 Å². The van der Waals surface area contributed by atoms with E-state index in [2.05, 4.69) is 5.32 Å². The number of hydrogen-bond acceptors (Lipinski definition) is 3. The smallest absolute Gasteiger partial charge is 0.242 e. The normalized spacial score (nSPS) is 16.2. The number of rotatable bonds is 5. The van der Waals surface area contributed by atoms with Crippen molar-refractivity contribution < 1.29 is 9.59 Å². The fourth-order valence-corrected chi connectivity index (χ4v) is 2.43. The summed E-state index contributed by atoms with van der Waals surface area (Å²) >= 11 is 0. The number of nitrogens with one attached hydrogen (secondary N) is 1. The van der Waals surface area contributed by atoms with Gasteiger partial charge in [0.1, 0.15) is 0 Å². The summed E-state index contributed by atoms with van der Waals surface area (Å²) < 4.78 is 0. The maximum absolute atomic E-state index is 12.1. The van der Waals surface area contributed by atoms with Gasteiger partial charge >= 0.3 is 0 Å². The minimum atomic E-state index is -0.284. The van der Waals surface area contributed by atoms with Crippen LogP contribution in [0.2, 0.25) is 0 Å². The first-order valence-corrected chi connectivity index (χ1v) is 6.34. The summed E-state index contributed by atoms with van der Waals surface area (Å²) in [5.74, 6) is -0.290. The Labute approximate surface area is 103 Å². The molecule has 1 saturated carbocycles. The van der Waals surface area contributed by atoms with Gasteiger partial charge in [0.15, 0.2) is 0 Å². The summed E-state index contributed by atoms with van der Waals surface area (Å²) in [6.45, 7) is 4.02. The molecular weight excluding hydrogens is 218 g/mol. The molecule has 17 heavy (non-hydrogen) atoms. The summed E-state index contributed by atoms with van der Waals surface area (Å²) in [4.78, 5) is 25.0. The topological polar surface area (TPSA) is 75.4 Å². The highest BCUT2D eigenvalue weighted by Crippen LogP contribution is 2.25. The fraction of sp³-hybridized carbons (Fsp3) is 0.833. The van der Waals surface area contributed by atoms with E-state index >= 15 is 0 Å². The highest BCUT2D eigenvalue weighted by atomic mass is 16.2. The van der Waals surface area contributed by atoms with Gasteiger partial charge in [0, 0.05) is 12.1 Å².